The first kappa shape index (κ1) is 21.6. The molecule has 2 aromatic carbocycles. The maximum Gasteiger partial charge on any atom is 0.351 e. The summed E-state index contributed by atoms with van der Waals surface area (Å²) in [6.45, 7) is 1.55. The summed E-state index contributed by atoms with van der Waals surface area (Å²) in [7, 11) is 0. The molecular weight excluding hydrogens is 399 g/mol. The zero-order chi connectivity index (χ0) is 22.1. The second-order valence-electron chi connectivity index (χ2n) is 7.32. The van der Waals surface area contributed by atoms with Crippen LogP contribution < -0.4 is 11.1 Å². The number of amides is 2. The van der Waals surface area contributed by atoms with E-state index in [0.717, 1.165) is 17.0 Å². The number of piperidine rings is 1. The van der Waals surface area contributed by atoms with E-state index in [-0.39, 0.29) is 37.2 Å². The monoisotopic (exact) mass is 421 g/mol. The van der Waals surface area contributed by atoms with E-state index in [1.54, 1.807) is 0 Å². The van der Waals surface area contributed by atoms with Gasteiger partial charge in [-0.3, -0.25) is 9.59 Å². The fourth-order valence-corrected chi connectivity index (χ4v) is 3.28. The number of nitrogen functional groups attached to an aromatic ring is 1. The number of likely N-dealkylation sites (tertiary alicyclic amines) is 1. The quantitative estimate of drug-likeness (QED) is 0.662. The molecule has 0 spiro atoms. The molecule has 0 aromatic heterocycles. The maximum atomic E-state index is 15.0. The summed E-state index contributed by atoms with van der Waals surface area (Å²) in [5, 5.41) is 12.0. The molecule has 0 radical (unpaired) electrons. The summed E-state index contributed by atoms with van der Waals surface area (Å²) in [5.41, 5.74) is 5.10. The number of benzene rings is 2. The van der Waals surface area contributed by atoms with Crippen molar-refractivity contribution in [1.82, 2.24) is 4.90 Å². The van der Waals surface area contributed by atoms with E-state index in [1.807, 2.05) is 0 Å². The number of alkyl halides is 2. The van der Waals surface area contributed by atoms with E-state index >= 15 is 0 Å². The Kier molecular flexibility index (Phi) is 6.02. The fourth-order valence-electron chi connectivity index (χ4n) is 3.28. The van der Waals surface area contributed by atoms with Crippen LogP contribution in [-0.2, 0) is 10.7 Å². The van der Waals surface area contributed by atoms with E-state index in [2.05, 4.69) is 5.32 Å². The van der Waals surface area contributed by atoms with E-state index < -0.39 is 35.2 Å². The highest BCUT2D eigenvalue weighted by molar-refractivity contribution is 6.05. The third kappa shape index (κ3) is 4.40. The number of halogens is 3. The molecule has 0 unspecified atom stereocenters. The Morgan fingerprint density at radius 3 is 2.47 bits per heavy atom. The number of nitrogens with two attached hydrogens (primary N) is 1. The van der Waals surface area contributed by atoms with Crippen molar-refractivity contribution < 1.29 is 27.9 Å². The first-order valence-electron chi connectivity index (χ1n) is 9.42. The molecule has 9 heteroatoms. The molecule has 2 amide bonds. The zero-order valence-electron chi connectivity index (χ0n) is 16.3. The van der Waals surface area contributed by atoms with Crippen molar-refractivity contribution in [2.24, 2.45) is 0 Å². The van der Waals surface area contributed by atoms with Gasteiger partial charge in [-0.15, -0.1) is 0 Å². The molecule has 1 heterocycles. The zero-order valence-corrected chi connectivity index (χ0v) is 16.3. The molecule has 1 aliphatic rings. The number of hydrogen-bond acceptors (Lipinski definition) is 4. The second kappa shape index (κ2) is 8.35. The van der Waals surface area contributed by atoms with Gasteiger partial charge >= 0.3 is 5.92 Å². The van der Waals surface area contributed by atoms with Crippen LogP contribution in [-0.4, -0.2) is 41.0 Å². The van der Waals surface area contributed by atoms with Crippen molar-refractivity contribution >= 4 is 23.2 Å². The Balaban J connectivity index is 1.83. The number of nitrogens with one attached hydrogen (secondary N) is 1. The number of aryl methyl sites for hydroxylation is 1. The van der Waals surface area contributed by atoms with E-state index in [1.165, 1.54) is 31.2 Å². The topological polar surface area (TPSA) is 95.7 Å². The van der Waals surface area contributed by atoms with Crippen molar-refractivity contribution in [3.05, 3.63) is 58.9 Å². The number of nitrogens with zero attached hydrogens (tertiary/aromatic N) is 1. The smallest absolute Gasteiger partial charge is 0.351 e. The second-order valence-corrected chi connectivity index (χ2v) is 7.32. The largest absolute Gasteiger partial charge is 0.398 e. The Labute approximate surface area is 171 Å². The Hall–Kier alpha value is -3.07. The van der Waals surface area contributed by atoms with Gasteiger partial charge in [0, 0.05) is 30.0 Å². The molecule has 0 bridgehead atoms. The summed E-state index contributed by atoms with van der Waals surface area (Å²) in [4.78, 5) is 25.9. The summed E-state index contributed by atoms with van der Waals surface area (Å²) in [5.74, 6) is -6.50. The van der Waals surface area contributed by atoms with Crippen LogP contribution >= 0.6 is 0 Å². The summed E-state index contributed by atoms with van der Waals surface area (Å²) < 4.78 is 43.3. The molecule has 3 rings (SSSR count). The lowest BCUT2D eigenvalue weighted by Crippen LogP contribution is -2.47. The molecule has 4 N–H and O–H groups in total. The Morgan fingerprint density at radius 2 is 1.83 bits per heavy atom. The number of aliphatic hydroxyl groups excluding tert-OH is 1. The third-order valence-corrected chi connectivity index (χ3v) is 5.09. The molecule has 30 heavy (non-hydrogen) atoms. The van der Waals surface area contributed by atoms with Gasteiger partial charge < -0.3 is 21.1 Å². The van der Waals surface area contributed by atoms with Gasteiger partial charge in [-0.25, -0.2) is 4.39 Å². The van der Waals surface area contributed by atoms with Crippen LogP contribution in [0, 0.1) is 12.7 Å². The lowest BCUT2D eigenvalue weighted by molar-refractivity contribution is -0.161. The lowest BCUT2D eigenvalue weighted by atomic mass is 10.00. The van der Waals surface area contributed by atoms with E-state index in [4.69, 9.17) is 5.73 Å². The summed E-state index contributed by atoms with van der Waals surface area (Å²) >= 11 is 0. The van der Waals surface area contributed by atoms with Gasteiger partial charge in [0.25, 0.3) is 11.8 Å². The van der Waals surface area contributed by atoms with Gasteiger partial charge in [0.05, 0.1) is 11.7 Å². The average molecular weight is 421 g/mol. The fraction of sp³-hybridized carbons (Fsp3) is 0.333. The SMILES string of the molecule is Cc1cc(NC(=O)c2ccc(N)c(C(F)(F)C(=O)N3CCC(O)CC3)c2)ccc1F. The van der Waals surface area contributed by atoms with Gasteiger partial charge in [0.15, 0.2) is 0 Å². The molecular formula is C21H22F3N3O3. The Morgan fingerprint density at radius 1 is 1.17 bits per heavy atom. The van der Waals surface area contributed by atoms with Crippen LogP contribution in [0.25, 0.3) is 0 Å². The van der Waals surface area contributed by atoms with Gasteiger partial charge in [-0.2, -0.15) is 8.78 Å². The van der Waals surface area contributed by atoms with E-state index in [0.29, 0.717) is 11.3 Å². The molecule has 0 saturated carbocycles. The van der Waals surface area contributed by atoms with Gasteiger partial charge in [0.1, 0.15) is 5.82 Å². The van der Waals surface area contributed by atoms with Crippen molar-refractivity contribution in [3.8, 4) is 0 Å². The molecule has 0 atom stereocenters. The summed E-state index contributed by atoms with van der Waals surface area (Å²) in [6.07, 6.45) is -0.178. The Bertz CT molecular complexity index is 973. The number of carbonyl (C=O) groups excluding carboxylic acids is 2. The maximum absolute atomic E-state index is 15.0. The summed E-state index contributed by atoms with van der Waals surface area (Å²) in [6, 6.07) is 7.23. The molecule has 0 aliphatic carbocycles. The van der Waals surface area contributed by atoms with Crippen LogP contribution in [0.3, 0.4) is 0 Å². The van der Waals surface area contributed by atoms with Crippen LogP contribution in [0.5, 0.6) is 0 Å². The van der Waals surface area contributed by atoms with Crippen LogP contribution in [0.15, 0.2) is 36.4 Å². The highest BCUT2D eigenvalue weighted by Gasteiger charge is 2.46. The standard InChI is InChI=1S/C21H22F3N3O3/c1-12-10-14(3-4-17(12)22)26-19(29)13-2-5-18(25)16(11-13)21(23,24)20(30)27-8-6-15(28)7-9-27/h2-5,10-11,15,28H,6-9,25H2,1H3,(H,26,29). The minimum Gasteiger partial charge on any atom is -0.398 e. The van der Waals surface area contributed by atoms with Gasteiger partial charge in [-0.05, 0) is 61.7 Å². The van der Waals surface area contributed by atoms with Crippen molar-refractivity contribution in [3.63, 3.8) is 0 Å². The molecule has 1 saturated heterocycles. The number of aliphatic hydroxyl groups is 1. The van der Waals surface area contributed by atoms with Gasteiger partial charge in [-0.1, -0.05) is 0 Å². The average Bonchev–Trinajstić information content (AvgIpc) is 2.71. The lowest BCUT2D eigenvalue weighted by Gasteiger charge is -2.32. The predicted octanol–water partition coefficient (Wildman–Crippen LogP) is 3.04. The van der Waals surface area contributed by atoms with Crippen LogP contribution in [0.2, 0.25) is 0 Å². The highest BCUT2D eigenvalue weighted by atomic mass is 19.3. The molecule has 1 aliphatic heterocycles. The van der Waals surface area contributed by atoms with Gasteiger partial charge in [0.2, 0.25) is 0 Å². The number of hydrogen-bond donors (Lipinski definition) is 3. The predicted molar refractivity (Wildman–Crippen MR) is 106 cm³/mol. The molecule has 6 nitrogen and oxygen atoms in total. The van der Waals surface area contributed by atoms with Crippen molar-refractivity contribution in [2.75, 3.05) is 24.1 Å². The minimum absolute atomic E-state index is 0.0135. The number of rotatable bonds is 4. The van der Waals surface area contributed by atoms with Crippen molar-refractivity contribution in [2.45, 2.75) is 31.8 Å². The van der Waals surface area contributed by atoms with Crippen molar-refractivity contribution in [1.29, 1.82) is 0 Å². The molecule has 160 valence electrons. The number of carbonyl (C=O) groups is 2. The first-order valence-corrected chi connectivity index (χ1v) is 9.42. The number of anilines is 2. The van der Waals surface area contributed by atoms with Crippen LogP contribution in [0.4, 0.5) is 24.5 Å². The van der Waals surface area contributed by atoms with Crippen LogP contribution in [0.1, 0.15) is 34.3 Å². The normalized spacial score (nSPS) is 15.2. The molecule has 2 aromatic rings. The third-order valence-electron chi connectivity index (χ3n) is 5.09. The first-order chi connectivity index (χ1) is 14.1. The molecule has 1 fully saturated rings. The minimum atomic E-state index is -3.94. The highest BCUT2D eigenvalue weighted by Crippen LogP contribution is 2.35. The van der Waals surface area contributed by atoms with E-state index in [9.17, 15) is 27.9 Å².